The number of nitrogens with zero attached hydrogens (tertiary/aromatic N) is 1. The molecule has 2 aromatic rings. The number of sulfonamides is 1. The largest absolute Gasteiger partial charge is 0.323 e. The second-order valence-corrected chi connectivity index (χ2v) is 8.15. The van der Waals surface area contributed by atoms with E-state index in [1.807, 2.05) is 30.3 Å². The van der Waals surface area contributed by atoms with Crippen molar-refractivity contribution in [3.63, 3.8) is 0 Å². The monoisotopic (exact) mass is 393 g/mol. The van der Waals surface area contributed by atoms with E-state index in [9.17, 15) is 8.42 Å². The highest BCUT2D eigenvalue weighted by Crippen LogP contribution is 2.17. The van der Waals surface area contributed by atoms with E-state index < -0.39 is 16.1 Å². The van der Waals surface area contributed by atoms with Gasteiger partial charge >= 0.3 is 0 Å². The van der Waals surface area contributed by atoms with Crippen LogP contribution in [0, 0.1) is 11.3 Å². The minimum Gasteiger partial charge on any atom is -0.323 e. The van der Waals surface area contributed by atoms with Gasteiger partial charge < -0.3 is 5.73 Å². The Bertz CT molecular complexity index is 859. The lowest BCUT2D eigenvalue weighted by atomic mass is 9.99. The van der Waals surface area contributed by atoms with Crippen LogP contribution in [-0.4, -0.2) is 15.0 Å². The predicted molar refractivity (Wildman–Crippen MR) is 106 cm³/mol. The zero-order valence-electron chi connectivity index (χ0n) is 14.8. The molecule has 0 aliphatic rings. The third kappa shape index (κ3) is 6.43. The number of nitrogens with one attached hydrogen (secondary N) is 1. The highest BCUT2D eigenvalue weighted by molar-refractivity contribution is 7.88. The Morgan fingerprint density at radius 3 is 2.31 bits per heavy atom. The SMILES string of the molecule is CC(C)c1ccc(C(N)CNS(=O)(=O)Cc2cccc(C#N)c2)cc1.Cl. The number of hydrogen-bond acceptors (Lipinski definition) is 4. The lowest BCUT2D eigenvalue weighted by Crippen LogP contribution is -2.32. The van der Waals surface area contributed by atoms with Gasteiger partial charge in [-0.15, -0.1) is 12.4 Å². The second kappa shape index (κ2) is 9.70. The smallest absolute Gasteiger partial charge is 0.215 e. The number of nitrogens with two attached hydrogens (primary N) is 1. The summed E-state index contributed by atoms with van der Waals surface area (Å²) in [7, 11) is -3.52. The molecule has 0 fully saturated rings. The van der Waals surface area contributed by atoms with Crippen LogP contribution in [0.2, 0.25) is 0 Å². The average Bonchev–Trinajstić information content (AvgIpc) is 2.59. The Morgan fingerprint density at radius 2 is 1.73 bits per heavy atom. The van der Waals surface area contributed by atoms with E-state index >= 15 is 0 Å². The summed E-state index contributed by atoms with van der Waals surface area (Å²) in [5, 5.41) is 8.88. The summed E-state index contributed by atoms with van der Waals surface area (Å²) in [5.41, 5.74) is 9.21. The average molecular weight is 394 g/mol. The van der Waals surface area contributed by atoms with E-state index in [0.717, 1.165) is 5.56 Å². The molecule has 1 atom stereocenters. The van der Waals surface area contributed by atoms with Crippen LogP contribution in [0.3, 0.4) is 0 Å². The Labute approximate surface area is 161 Å². The fourth-order valence-electron chi connectivity index (χ4n) is 2.46. The zero-order chi connectivity index (χ0) is 18.4. The number of benzene rings is 2. The van der Waals surface area contributed by atoms with Crippen molar-refractivity contribution in [1.29, 1.82) is 5.26 Å². The number of nitriles is 1. The summed E-state index contributed by atoms with van der Waals surface area (Å²) in [6.07, 6.45) is 0. The third-order valence-corrected chi connectivity index (χ3v) is 5.29. The van der Waals surface area contributed by atoms with Crippen molar-refractivity contribution in [3.8, 4) is 6.07 Å². The molecule has 2 rings (SSSR count). The minimum atomic E-state index is -3.52. The maximum atomic E-state index is 12.2. The van der Waals surface area contributed by atoms with Crippen LogP contribution in [0.5, 0.6) is 0 Å². The van der Waals surface area contributed by atoms with Crippen LogP contribution in [0.15, 0.2) is 48.5 Å². The zero-order valence-corrected chi connectivity index (χ0v) is 16.5. The summed E-state index contributed by atoms with van der Waals surface area (Å²) >= 11 is 0. The summed E-state index contributed by atoms with van der Waals surface area (Å²) in [4.78, 5) is 0. The first-order valence-electron chi connectivity index (χ1n) is 8.12. The Morgan fingerprint density at radius 1 is 1.12 bits per heavy atom. The lowest BCUT2D eigenvalue weighted by Gasteiger charge is -2.15. The molecule has 0 heterocycles. The molecule has 1 unspecified atom stereocenters. The van der Waals surface area contributed by atoms with Gasteiger partial charge in [0.05, 0.1) is 17.4 Å². The van der Waals surface area contributed by atoms with E-state index in [4.69, 9.17) is 11.0 Å². The first kappa shape index (κ1) is 22.1. The van der Waals surface area contributed by atoms with E-state index in [1.165, 1.54) is 5.56 Å². The minimum absolute atomic E-state index is 0. The van der Waals surface area contributed by atoms with Crippen molar-refractivity contribution in [2.24, 2.45) is 5.73 Å². The lowest BCUT2D eigenvalue weighted by molar-refractivity contribution is 0.571. The van der Waals surface area contributed by atoms with Crippen LogP contribution in [0.4, 0.5) is 0 Å². The van der Waals surface area contributed by atoms with Crippen molar-refractivity contribution < 1.29 is 8.42 Å². The number of hydrogen-bond donors (Lipinski definition) is 2. The molecular formula is C19H24ClN3O2S. The fraction of sp³-hybridized carbons (Fsp3) is 0.316. The molecule has 3 N–H and O–H groups in total. The third-order valence-electron chi connectivity index (χ3n) is 3.97. The van der Waals surface area contributed by atoms with Crippen molar-refractivity contribution in [1.82, 2.24) is 4.72 Å². The van der Waals surface area contributed by atoms with Gasteiger partial charge in [0.15, 0.2) is 0 Å². The first-order chi connectivity index (χ1) is 11.8. The molecule has 0 bridgehead atoms. The maximum absolute atomic E-state index is 12.2. The molecule has 0 saturated carbocycles. The normalized spacial score (nSPS) is 12.3. The Kier molecular flexibility index (Phi) is 8.25. The van der Waals surface area contributed by atoms with Crippen molar-refractivity contribution >= 4 is 22.4 Å². The Hall–Kier alpha value is -1.91. The summed E-state index contributed by atoms with van der Waals surface area (Å²) in [6.45, 7) is 4.36. The van der Waals surface area contributed by atoms with Crippen molar-refractivity contribution in [2.45, 2.75) is 31.6 Å². The Balaban J connectivity index is 0.00000338. The quantitative estimate of drug-likeness (QED) is 0.754. The van der Waals surface area contributed by atoms with Gasteiger partial charge in [0, 0.05) is 12.6 Å². The van der Waals surface area contributed by atoms with E-state index in [0.29, 0.717) is 17.0 Å². The summed E-state index contributed by atoms with van der Waals surface area (Å²) in [5.74, 6) is 0.259. The van der Waals surface area contributed by atoms with Gasteiger partial charge in [0.25, 0.3) is 0 Å². The highest BCUT2D eigenvalue weighted by Gasteiger charge is 2.15. The van der Waals surface area contributed by atoms with Crippen LogP contribution >= 0.6 is 12.4 Å². The fourth-order valence-corrected chi connectivity index (χ4v) is 3.62. The molecule has 140 valence electrons. The molecule has 7 heteroatoms. The summed E-state index contributed by atoms with van der Waals surface area (Å²) in [6, 6.07) is 16.1. The van der Waals surface area contributed by atoms with Gasteiger partial charge in [-0.3, -0.25) is 0 Å². The van der Waals surface area contributed by atoms with Gasteiger partial charge in [-0.2, -0.15) is 5.26 Å². The van der Waals surface area contributed by atoms with Crippen molar-refractivity contribution in [3.05, 3.63) is 70.8 Å². The van der Waals surface area contributed by atoms with Crippen LogP contribution in [0.1, 0.15) is 48.1 Å². The molecule has 26 heavy (non-hydrogen) atoms. The van der Waals surface area contributed by atoms with E-state index in [2.05, 4.69) is 18.6 Å². The van der Waals surface area contributed by atoms with Crippen LogP contribution in [0.25, 0.3) is 0 Å². The number of rotatable bonds is 7. The molecule has 0 aromatic heterocycles. The van der Waals surface area contributed by atoms with Gasteiger partial charge in [-0.25, -0.2) is 13.1 Å². The first-order valence-corrected chi connectivity index (χ1v) is 9.78. The molecule has 2 aromatic carbocycles. The molecule has 0 amide bonds. The molecule has 0 saturated heterocycles. The van der Waals surface area contributed by atoms with E-state index in [1.54, 1.807) is 24.3 Å². The molecule has 0 aliphatic carbocycles. The van der Waals surface area contributed by atoms with Gasteiger partial charge in [0.1, 0.15) is 0 Å². The molecule has 0 aliphatic heterocycles. The molecule has 0 spiro atoms. The van der Waals surface area contributed by atoms with Gasteiger partial charge in [-0.1, -0.05) is 50.2 Å². The molecule has 5 nitrogen and oxygen atoms in total. The van der Waals surface area contributed by atoms with E-state index in [-0.39, 0.29) is 24.7 Å². The second-order valence-electron chi connectivity index (χ2n) is 6.35. The number of halogens is 1. The van der Waals surface area contributed by atoms with Gasteiger partial charge in [-0.05, 0) is 34.7 Å². The topological polar surface area (TPSA) is 96.0 Å². The maximum Gasteiger partial charge on any atom is 0.215 e. The summed E-state index contributed by atoms with van der Waals surface area (Å²) < 4.78 is 27.0. The standard InChI is InChI=1S/C19H23N3O2S.ClH/c1-14(2)17-6-8-18(9-7-17)19(21)12-22-25(23,24)13-16-5-3-4-15(10-16)11-20;/h3-10,14,19,22H,12-13,21H2,1-2H3;1H. The van der Waals surface area contributed by atoms with Crippen molar-refractivity contribution in [2.75, 3.05) is 6.54 Å². The highest BCUT2D eigenvalue weighted by atomic mass is 35.5. The van der Waals surface area contributed by atoms with Crippen LogP contribution < -0.4 is 10.5 Å². The van der Waals surface area contributed by atoms with Gasteiger partial charge in [0.2, 0.25) is 10.0 Å². The molecular weight excluding hydrogens is 370 g/mol. The van der Waals surface area contributed by atoms with Crippen LogP contribution in [-0.2, 0) is 15.8 Å². The molecule has 0 radical (unpaired) electrons. The predicted octanol–water partition coefficient (Wildman–Crippen LogP) is 3.22.